The van der Waals surface area contributed by atoms with Crippen LogP contribution in [0.3, 0.4) is 0 Å². The number of halogens is 6. The van der Waals surface area contributed by atoms with Gasteiger partial charge in [-0.2, -0.15) is 31.4 Å². The van der Waals surface area contributed by atoms with E-state index in [1.165, 1.54) is 6.42 Å². The molecular formula is C19H22F6N6O5S. The van der Waals surface area contributed by atoms with Crippen molar-refractivity contribution in [2.75, 3.05) is 29.9 Å². The van der Waals surface area contributed by atoms with Gasteiger partial charge in [0, 0.05) is 25.6 Å². The molecule has 18 heteroatoms. The Labute approximate surface area is 209 Å². The largest absolute Gasteiger partial charge is 0.490 e. The fourth-order valence-corrected chi connectivity index (χ4v) is 4.04. The Kier molecular flexibility index (Phi) is 10.4. The number of rotatable bonds is 3. The zero-order valence-corrected chi connectivity index (χ0v) is 19.8. The molecule has 206 valence electrons. The van der Waals surface area contributed by atoms with Crippen molar-refractivity contribution in [2.24, 2.45) is 5.92 Å². The first kappa shape index (κ1) is 29.9. The number of aliphatic carboxylic acids is 2. The quantitative estimate of drug-likeness (QED) is 0.476. The van der Waals surface area contributed by atoms with Gasteiger partial charge in [0.2, 0.25) is 5.13 Å². The molecule has 2 aliphatic heterocycles. The molecule has 11 nitrogen and oxygen atoms in total. The number of anilines is 2. The number of fused-ring (bicyclic) bond motifs is 1. The number of piperidine rings is 1. The van der Waals surface area contributed by atoms with Gasteiger partial charge in [-0.15, -0.1) is 15.3 Å². The summed E-state index contributed by atoms with van der Waals surface area (Å²) in [6.45, 7) is 4.61. The summed E-state index contributed by atoms with van der Waals surface area (Å²) < 4.78 is 69.6. The second-order valence-electron chi connectivity index (χ2n) is 7.78. The minimum Gasteiger partial charge on any atom is -0.475 e. The van der Waals surface area contributed by atoms with Gasteiger partial charge in [0.25, 0.3) is 0 Å². The maximum absolute atomic E-state index is 10.6. The lowest BCUT2D eigenvalue weighted by Crippen LogP contribution is -2.58. The molecule has 37 heavy (non-hydrogen) atoms. The van der Waals surface area contributed by atoms with Crippen LogP contribution >= 0.6 is 11.3 Å². The van der Waals surface area contributed by atoms with Crippen molar-refractivity contribution >= 4 is 34.2 Å². The Balaban J connectivity index is 0.000000286. The summed E-state index contributed by atoms with van der Waals surface area (Å²) in [5.41, 5.74) is 2.70. The van der Waals surface area contributed by atoms with Gasteiger partial charge in [-0.05, 0) is 31.9 Å². The molecule has 3 atom stereocenters. The second-order valence-corrected chi connectivity index (χ2v) is 8.59. The van der Waals surface area contributed by atoms with E-state index in [1.54, 1.807) is 16.8 Å². The normalized spacial score (nSPS) is 21.4. The topological polar surface area (TPSA) is 151 Å². The molecule has 0 spiro atoms. The third-order valence-electron chi connectivity index (χ3n) is 5.00. The SMILES string of the molecule is Cc1ccc(N[C@@H]2CN(c3nncs3)C[C@@H]3CCCO[C@@H]32)nn1.O=C(O)C(F)(F)F.O=C(O)C(F)(F)F. The zero-order chi connectivity index (χ0) is 27.8. The molecule has 2 saturated heterocycles. The maximum atomic E-state index is 10.6. The lowest BCUT2D eigenvalue weighted by Gasteiger charge is -2.45. The van der Waals surface area contributed by atoms with E-state index in [2.05, 4.69) is 30.6 Å². The van der Waals surface area contributed by atoms with Gasteiger partial charge in [0.05, 0.1) is 17.8 Å². The third-order valence-corrected chi connectivity index (χ3v) is 5.75. The van der Waals surface area contributed by atoms with Crippen molar-refractivity contribution < 1.29 is 50.9 Å². The molecule has 0 bridgehead atoms. The second kappa shape index (κ2) is 12.8. The molecule has 2 aromatic rings. The highest BCUT2D eigenvalue weighted by Gasteiger charge is 2.41. The molecule has 0 amide bonds. The number of nitrogens with zero attached hydrogens (tertiary/aromatic N) is 5. The van der Waals surface area contributed by atoms with E-state index in [4.69, 9.17) is 24.5 Å². The van der Waals surface area contributed by atoms with Gasteiger partial charge in [-0.1, -0.05) is 11.3 Å². The van der Waals surface area contributed by atoms with Crippen molar-refractivity contribution in [3.63, 3.8) is 0 Å². The number of hydrogen-bond acceptors (Lipinski definition) is 10. The van der Waals surface area contributed by atoms with Crippen LogP contribution in [0.2, 0.25) is 0 Å². The van der Waals surface area contributed by atoms with Gasteiger partial charge in [-0.25, -0.2) is 9.59 Å². The summed E-state index contributed by atoms with van der Waals surface area (Å²) >= 11 is 1.59. The molecule has 4 rings (SSSR count). The fourth-order valence-electron chi connectivity index (χ4n) is 3.46. The van der Waals surface area contributed by atoms with E-state index in [-0.39, 0.29) is 12.1 Å². The summed E-state index contributed by atoms with van der Waals surface area (Å²) in [5, 5.41) is 35.3. The van der Waals surface area contributed by atoms with E-state index in [1.807, 2.05) is 19.1 Å². The average molecular weight is 560 g/mol. The van der Waals surface area contributed by atoms with Crippen molar-refractivity contribution in [3.8, 4) is 0 Å². The van der Waals surface area contributed by atoms with Gasteiger partial charge >= 0.3 is 24.3 Å². The highest BCUT2D eigenvalue weighted by molar-refractivity contribution is 7.13. The number of carboxylic acids is 2. The van der Waals surface area contributed by atoms with Crippen molar-refractivity contribution in [1.29, 1.82) is 0 Å². The van der Waals surface area contributed by atoms with Crippen LogP contribution in [0.25, 0.3) is 0 Å². The van der Waals surface area contributed by atoms with Gasteiger partial charge in [-0.3, -0.25) is 0 Å². The van der Waals surface area contributed by atoms with Crippen LogP contribution in [-0.2, 0) is 14.3 Å². The van der Waals surface area contributed by atoms with Crippen molar-refractivity contribution in [1.82, 2.24) is 20.4 Å². The molecule has 0 saturated carbocycles. The fraction of sp³-hybridized carbons (Fsp3) is 0.579. The van der Waals surface area contributed by atoms with Crippen molar-refractivity contribution in [3.05, 3.63) is 23.3 Å². The number of aromatic nitrogens is 4. The third kappa shape index (κ3) is 9.60. The van der Waals surface area contributed by atoms with E-state index in [0.29, 0.717) is 5.92 Å². The van der Waals surface area contributed by atoms with Crippen LogP contribution in [0, 0.1) is 12.8 Å². The van der Waals surface area contributed by atoms with E-state index in [0.717, 1.165) is 42.8 Å². The number of nitrogens with one attached hydrogen (secondary N) is 1. The number of ether oxygens (including phenoxy) is 1. The number of carboxylic acid groups (broad SMARTS) is 2. The van der Waals surface area contributed by atoms with Gasteiger partial charge < -0.3 is 25.2 Å². The lowest BCUT2D eigenvalue weighted by atomic mass is 9.85. The van der Waals surface area contributed by atoms with E-state index in [9.17, 15) is 26.3 Å². The average Bonchev–Trinajstić information content (AvgIpc) is 3.35. The predicted molar refractivity (Wildman–Crippen MR) is 116 cm³/mol. The molecule has 0 radical (unpaired) electrons. The Morgan fingerprint density at radius 3 is 2.16 bits per heavy atom. The molecule has 4 heterocycles. The molecule has 0 aromatic carbocycles. The molecule has 0 aliphatic carbocycles. The van der Waals surface area contributed by atoms with Crippen LogP contribution in [0.4, 0.5) is 37.3 Å². The molecule has 2 fully saturated rings. The summed E-state index contributed by atoms with van der Waals surface area (Å²) in [6, 6.07) is 4.12. The van der Waals surface area contributed by atoms with Gasteiger partial charge in [0.1, 0.15) is 11.3 Å². The molecule has 2 aromatic heterocycles. The smallest absolute Gasteiger partial charge is 0.475 e. The molecule has 3 N–H and O–H groups in total. The number of hydrogen-bond donors (Lipinski definition) is 3. The Morgan fingerprint density at radius 1 is 1.05 bits per heavy atom. The lowest BCUT2D eigenvalue weighted by molar-refractivity contribution is -0.193. The molecular weight excluding hydrogens is 538 g/mol. The van der Waals surface area contributed by atoms with Gasteiger partial charge in [0.15, 0.2) is 0 Å². The van der Waals surface area contributed by atoms with E-state index < -0.39 is 24.3 Å². The number of carbonyl (C=O) groups is 2. The van der Waals surface area contributed by atoms with Crippen LogP contribution in [0.1, 0.15) is 18.5 Å². The number of alkyl halides is 6. The number of aryl methyl sites for hydroxylation is 1. The minimum atomic E-state index is -5.08. The summed E-state index contributed by atoms with van der Waals surface area (Å²) in [4.78, 5) is 20.1. The first-order valence-electron chi connectivity index (χ1n) is 10.5. The Hall–Kier alpha value is -3.28. The minimum absolute atomic E-state index is 0.176. The van der Waals surface area contributed by atoms with Crippen LogP contribution in [-0.4, -0.2) is 86.7 Å². The highest BCUT2D eigenvalue weighted by atomic mass is 32.1. The summed E-state index contributed by atoms with van der Waals surface area (Å²) in [5.74, 6) is -4.20. The van der Waals surface area contributed by atoms with Crippen LogP contribution < -0.4 is 10.2 Å². The standard InChI is InChI=1S/C15H20N6OS.2C2HF3O2/c1-10-4-5-13(19-18-10)17-12-8-21(15-20-16-9-23-15)7-11-3-2-6-22-14(11)12;2*3-2(4,5)1(6)7/h4-5,9,11-12,14H,2-3,6-8H2,1H3,(H,17,19);2*(H,6,7)/t11-,12+,14-;;/m0../s1. The predicted octanol–water partition coefficient (Wildman–Crippen LogP) is 3.00. The maximum Gasteiger partial charge on any atom is 0.490 e. The van der Waals surface area contributed by atoms with E-state index >= 15 is 0 Å². The first-order chi connectivity index (χ1) is 17.2. The van der Waals surface area contributed by atoms with Crippen LogP contribution in [0.15, 0.2) is 17.6 Å². The molecule has 2 aliphatic rings. The Bertz CT molecular complexity index is 984. The van der Waals surface area contributed by atoms with Crippen LogP contribution in [0.5, 0.6) is 0 Å². The molecule has 0 unspecified atom stereocenters. The summed E-state index contributed by atoms with van der Waals surface area (Å²) in [6.07, 6.45) is -7.63. The zero-order valence-electron chi connectivity index (χ0n) is 19.0. The van der Waals surface area contributed by atoms with Crippen molar-refractivity contribution in [2.45, 2.75) is 44.3 Å². The monoisotopic (exact) mass is 560 g/mol. The summed E-state index contributed by atoms with van der Waals surface area (Å²) in [7, 11) is 0. The first-order valence-corrected chi connectivity index (χ1v) is 11.4. The Morgan fingerprint density at radius 2 is 1.68 bits per heavy atom. The highest BCUT2D eigenvalue weighted by Crippen LogP contribution is 2.32.